The largest absolute Gasteiger partial charge is 0.362 e. The number of carbonyl (C=O) groups excluding carboxylic acids is 1. The van der Waals surface area contributed by atoms with E-state index < -0.39 is 28.9 Å². The Bertz CT molecular complexity index is 949. The Kier molecular flexibility index (Phi) is 5.35. The summed E-state index contributed by atoms with van der Waals surface area (Å²) in [5.74, 6) is -5.07. The minimum absolute atomic E-state index is 0.0165. The highest BCUT2D eigenvalue weighted by Gasteiger charge is 2.19. The van der Waals surface area contributed by atoms with E-state index in [-0.39, 0.29) is 11.9 Å². The van der Waals surface area contributed by atoms with Crippen LogP contribution in [0, 0.1) is 17.5 Å². The fourth-order valence-corrected chi connectivity index (χ4v) is 2.41. The van der Waals surface area contributed by atoms with Crippen molar-refractivity contribution in [1.29, 1.82) is 0 Å². The first-order valence-electron chi connectivity index (χ1n) is 8.06. The van der Waals surface area contributed by atoms with Crippen LogP contribution in [0.15, 0.2) is 54.6 Å². The van der Waals surface area contributed by atoms with E-state index in [0.717, 1.165) is 11.6 Å². The van der Waals surface area contributed by atoms with E-state index in [1.54, 1.807) is 6.07 Å². The molecule has 1 unspecified atom stereocenters. The summed E-state index contributed by atoms with van der Waals surface area (Å²) in [6, 6.07) is 14.3. The van der Waals surface area contributed by atoms with Crippen LogP contribution in [0.3, 0.4) is 0 Å². The number of hydrogen-bond donors (Lipinski definition) is 2. The van der Waals surface area contributed by atoms with Gasteiger partial charge < -0.3 is 10.6 Å². The molecule has 138 valence electrons. The number of nitrogens with one attached hydrogen (secondary N) is 2. The van der Waals surface area contributed by atoms with E-state index in [0.29, 0.717) is 11.9 Å². The Balaban J connectivity index is 1.67. The molecule has 0 fully saturated rings. The van der Waals surface area contributed by atoms with E-state index in [2.05, 4.69) is 20.8 Å². The van der Waals surface area contributed by atoms with Crippen LogP contribution in [-0.2, 0) is 0 Å². The summed E-state index contributed by atoms with van der Waals surface area (Å²) < 4.78 is 39.8. The molecule has 0 saturated carbocycles. The molecule has 0 aliphatic carbocycles. The van der Waals surface area contributed by atoms with E-state index in [4.69, 9.17) is 0 Å². The van der Waals surface area contributed by atoms with Crippen molar-refractivity contribution in [2.45, 2.75) is 13.0 Å². The second kappa shape index (κ2) is 7.86. The summed E-state index contributed by atoms with van der Waals surface area (Å²) in [6.07, 6.45) is 0. The number of hydrogen-bond acceptors (Lipinski definition) is 4. The lowest BCUT2D eigenvalue weighted by Gasteiger charge is -2.14. The lowest BCUT2D eigenvalue weighted by Crippen LogP contribution is -2.16. The third kappa shape index (κ3) is 4.22. The van der Waals surface area contributed by atoms with Crippen LogP contribution >= 0.6 is 0 Å². The van der Waals surface area contributed by atoms with E-state index in [1.807, 2.05) is 37.3 Å². The van der Waals surface area contributed by atoms with Crippen molar-refractivity contribution >= 4 is 17.5 Å². The molecule has 27 heavy (non-hydrogen) atoms. The minimum atomic E-state index is -1.71. The number of rotatable bonds is 5. The number of halogens is 3. The van der Waals surface area contributed by atoms with Crippen molar-refractivity contribution in [3.05, 3.63) is 83.2 Å². The predicted molar refractivity (Wildman–Crippen MR) is 94.8 cm³/mol. The molecule has 0 bridgehead atoms. The molecule has 3 rings (SSSR count). The molecule has 0 aliphatic heterocycles. The molecule has 1 amide bonds. The molecule has 0 saturated heterocycles. The highest BCUT2D eigenvalue weighted by Crippen LogP contribution is 2.19. The lowest BCUT2D eigenvalue weighted by atomic mass is 10.1. The van der Waals surface area contributed by atoms with Crippen molar-refractivity contribution in [3.63, 3.8) is 0 Å². The quantitative estimate of drug-likeness (QED) is 0.655. The minimum Gasteiger partial charge on any atom is -0.362 e. The normalized spacial score (nSPS) is 11.7. The summed E-state index contributed by atoms with van der Waals surface area (Å²) in [5, 5.41) is 13.2. The molecular formula is C19H15F3N4O. The molecule has 2 N–H and O–H groups in total. The highest BCUT2D eigenvalue weighted by atomic mass is 19.2. The Labute approximate surface area is 153 Å². The van der Waals surface area contributed by atoms with Gasteiger partial charge in [-0.25, -0.2) is 13.2 Å². The Morgan fingerprint density at radius 2 is 1.56 bits per heavy atom. The van der Waals surface area contributed by atoms with Gasteiger partial charge in [-0.1, -0.05) is 30.3 Å². The molecular weight excluding hydrogens is 357 g/mol. The molecule has 1 heterocycles. The zero-order chi connectivity index (χ0) is 19.4. The van der Waals surface area contributed by atoms with E-state index in [1.165, 1.54) is 6.07 Å². The van der Waals surface area contributed by atoms with Crippen LogP contribution in [0.5, 0.6) is 0 Å². The van der Waals surface area contributed by atoms with Crippen molar-refractivity contribution in [1.82, 2.24) is 10.2 Å². The van der Waals surface area contributed by atoms with Crippen LogP contribution in [0.4, 0.5) is 24.8 Å². The van der Waals surface area contributed by atoms with Gasteiger partial charge in [0.1, 0.15) is 5.82 Å². The zero-order valence-electron chi connectivity index (χ0n) is 14.2. The molecule has 1 atom stereocenters. The maximum atomic E-state index is 13.7. The van der Waals surface area contributed by atoms with Gasteiger partial charge in [0.05, 0.1) is 5.56 Å². The molecule has 0 spiro atoms. The van der Waals surface area contributed by atoms with Gasteiger partial charge in [0, 0.05) is 6.04 Å². The van der Waals surface area contributed by atoms with Gasteiger partial charge in [-0.15, -0.1) is 10.2 Å². The third-order valence-corrected chi connectivity index (χ3v) is 3.85. The average Bonchev–Trinajstić information content (AvgIpc) is 2.68. The van der Waals surface area contributed by atoms with Gasteiger partial charge in [-0.2, -0.15) is 0 Å². The average molecular weight is 372 g/mol. The smallest absolute Gasteiger partial charge is 0.259 e. The highest BCUT2D eigenvalue weighted by molar-refractivity contribution is 6.03. The monoisotopic (exact) mass is 372 g/mol. The van der Waals surface area contributed by atoms with Crippen LogP contribution < -0.4 is 10.6 Å². The maximum Gasteiger partial charge on any atom is 0.259 e. The summed E-state index contributed by atoms with van der Waals surface area (Å²) in [7, 11) is 0. The van der Waals surface area contributed by atoms with Crippen LogP contribution in [-0.4, -0.2) is 16.1 Å². The second-order valence-electron chi connectivity index (χ2n) is 5.76. The Hall–Kier alpha value is -3.42. The van der Waals surface area contributed by atoms with Gasteiger partial charge >= 0.3 is 0 Å². The molecule has 0 radical (unpaired) electrons. The lowest BCUT2D eigenvalue weighted by molar-refractivity contribution is 0.102. The Morgan fingerprint density at radius 3 is 2.22 bits per heavy atom. The number of benzene rings is 2. The number of nitrogens with zero attached hydrogens (tertiary/aromatic N) is 2. The summed E-state index contributed by atoms with van der Waals surface area (Å²) in [4.78, 5) is 12.0. The summed E-state index contributed by atoms with van der Waals surface area (Å²) in [6.45, 7) is 1.96. The standard InChI is InChI=1S/C19H15F3N4O/c1-11(12-5-3-2-4-6-12)23-15-9-10-16(26-25-15)24-19(27)13-7-8-14(20)18(22)17(13)21/h2-11H,1H3,(H,23,25)(H,24,26,27). The van der Waals surface area contributed by atoms with Crippen LogP contribution in [0.1, 0.15) is 28.9 Å². The molecule has 8 heteroatoms. The maximum absolute atomic E-state index is 13.7. The van der Waals surface area contributed by atoms with Gasteiger partial charge in [0.15, 0.2) is 23.3 Å². The van der Waals surface area contributed by atoms with Crippen LogP contribution in [0.2, 0.25) is 0 Å². The number of carbonyl (C=O) groups is 1. The molecule has 0 aliphatic rings. The summed E-state index contributed by atoms with van der Waals surface area (Å²) in [5.41, 5.74) is 0.432. The number of aromatic nitrogens is 2. The fourth-order valence-electron chi connectivity index (χ4n) is 2.41. The van der Waals surface area contributed by atoms with Crippen LogP contribution in [0.25, 0.3) is 0 Å². The van der Waals surface area contributed by atoms with Crippen molar-refractivity contribution < 1.29 is 18.0 Å². The topological polar surface area (TPSA) is 66.9 Å². The van der Waals surface area contributed by atoms with Crippen molar-refractivity contribution in [3.8, 4) is 0 Å². The Morgan fingerprint density at radius 1 is 0.889 bits per heavy atom. The molecule has 3 aromatic rings. The first-order valence-corrected chi connectivity index (χ1v) is 8.06. The number of amides is 1. The molecule has 1 aromatic heterocycles. The molecule has 5 nitrogen and oxygen atoms in total. The van der Waals surface area contributed by atoms with Crippen molar-refractivity contribution in [2.75, 3.05) is 10.6 Å². The number of anilines is 2. The van der Waals surface area contributed by atoms with Crippen molar-refractivity contribution in [2.24, 2.45) is 0 Å². The van der Waals surface area contributed by atoms with Gasteiger partial charge in [0.2, 0.25) is 0 Å². The first kappa shape index (κ1) is 18.4. The fraction of sp³-hybridized carbons (Fsp3) is 0.105. The summed E-state index contributed by atoms with van der Waals surface area (Å²) >= 11 is 0. The second-order valence-corrected chi connectivity index (χ2v) is 5.76. The SMILES string of the molecule is CC(Nc1ccc(NC(=O)c2ccc(F)c(F)c2F)nn1)c1ccccc1. The van der Waals surface area contributed by atoms with Gasteiger partial charge in [-0.3, -0.25) is 4.79 Å². The third-order valence-electron chi connectivity index (χ3n) is 3.85. The zero-order valence-corrected chi connectivity index (χ0v) is 14.2. The van der Waals surface area contributed by atoms with Gasteiger partial charge in [0.25, 0.3) is 5.91 Å². The molecule has 2 aromatic carbocycles. The predicted octanol–water partition coefficient (Wildman–Crippen LogP) is 4.32. The van der Waals surface area contributed by atoms with Gasteiger partial charge in [-0.05, 0) is 36.8 Å². The first-order chi connectivity index (χ1) is 13.0. The van der Waals surface area contributed by atoms with E-state index >= 15 is 0 Å². The van der Waals surface area contributed by atoms with E-state index in [9.17, 15) is 18.0 Å².